The maximum Gasteiger partial charge on any atom is 0.227 e. The minimum atomic E-state index is 0.569. The smallest absolute Gasteiger partial charge is 0.227 e. The highest BCUT2D eigenvalue weighted by molar-refractivity contribution is 6.21. The van der Waals surface area contributed by atoms with Crippen molar-refractivity contribution >= 4 is 66.0 Å². The molecule has 8 aromatic carbocycles. The highest BCUT2D eigenvalue weighted by Crippen LogP contribution is 2.46. The number of para-hydroxylation sites is 2. The summed E-state index contributed by atoms with van der Waals surface area (Å²) >= 11 is 0. The van der Waals surface area contributed by atoms with E-state index in [4.69, 9.17) is 13.8 Å². The van der Waals surface area contributed by atoms with Crippen molar-refractivity contribution in [2.24, 2.45) is 0 Å². The molecule has 10 rings (SSSR count). The lowest BCUT2D eigenvalue weighted by Gasteiger charge is -2.28. The van der Waals surface area contributed by atoms with Crippen LogP contribution in [0.3, 0.4) is 0 Å². The van der Waals surface area contributed by atoms with Crippen molar-refractivity contribution < 1.29 is 8.83 Å². The van der Waals surface area contributed by atoms with Crippen LogP contribution in [0.5, 0.6) is 0 Å². The molecule has 0 N–H and O–H groups in total. The van der Waals surface area contributed by atoms with Crippen molar-refractivity contribution in [3.05, 3.63) is 201 Å². The van der Waals surface area contributed by atoms with E-state index in [0.717, 1.165) is 93.9 Å². The topological polar surface area (TPSA) is 42.4 Å². The minimum Gasteiger partial charge on any atom is -0.455 e. The number of benzene rings is 8. The van der Waals surface area contributed by atoms with Gasteiger partial charge in [0.2, 0.25) is 5.89 Å². The molecule has 260 valence electrons. The zero-order chi connectivity index (χ0) is 36.9. The van der Waals surface area contributed by atoms with E-state index in [2.05, 4.69) is 145 Å². The molecule has 0 saturated carbocycles. The van der Waals surface area contributed by atoms with Crippen molar-refractivity contribution in [1.29, 1.82) is 0 Å². The molecule has 0 aliphatic carbocycles. The van der Waals surface area contributed by atoms with Gasteiger partial charge in [-0.15, -0.1) is 0 Å². The predicted molar refractivity (Wildman–Crippen MR) is 230 cm³/mol. The molecule has 55 heavy (non-hydrogen) atoms. The molecule has 0 spiro atoms. The first-order chi connectivity index (χ1) is 27.2. The van der Waals surface area contributed by atoms with Crippen LogP contribution in [0.1, 0.15) is 0 Å². The Morgan fingerprint density at radius 1 is 0.545 bits per heavy atom. The largest absolute Gasteiger partial charge is 0.455 e. The average molecular weight is 707 g/mol. The zero-order valence-corrected chi connectivity index (χ0v) is 29.9. The number of allylic oxidation sites excluding steroid dienone is 3. The number of fused-ring (bicyclic) bond motifs is 6. The maximum atomic E-state index is 6.90. The summed E-state index contributed by atoms with van der Waals surface area (Å²) in [6.07, 6.45) is 5.69. The summed E-state index contributed by atoms with van der Waals surface area (Å²) in [6.45, 7) is 8.23. The van der Waals surface area contributed by atoms with Crippen LogP contribution in [0, 0.1) is 0 Å². The van der Waals surface area contributed by atoms with E-state index in [1.54, 1.807) is 0 Å². The van der Waals surface area contributed by atoms with Gasteiger partial charge in [-0.2, -0.15) is 0 Å². The third-order valence-corrected chi connectivity index (χ3v) is 10.4. The normalized spacial score (nSPS) is 11.9. The van der Waals surface area contributed by atoms with Gasteiger partial charge in [0.25, 0.3) is 0 Å². The van der Waals surface area contributed by atoms with E-state index >= 15 is 0 Å². The number of nitrogens with zero attached hydrogens (tertiary/aromatic N) is 2. The van der Waals surface area contributed by atoms with Gasteiger partial charge >= 0.3 is 0 Å². The van der Waals surface area contributed by atoms with Crippen LogP contribution >= 0.6 is 0 Å². The Labute approximate surface area is 318 Å². The van der Waals surface area contributed by atoms with Crippen LogP contribution in [-0.2, 0) is 0 Å². The second-order valence-electron chi connectivity index (χ2n) is 13.6. The Balaban J connectivity index is 1.18. The molecule has 0 saturated heterocycles. The Hall–Kier alpha value is -7.43. The van der Waals surface area contributed by atoms with Gasteiger partial charge in [0.15, 0.2) is 5.58 Å². The fourth-order valence-electron chi connectivity index (χ4n) is 7.88. The summed E-state index contributed by atoms with van der Waals surface area (Å²) in [7, 11) is 0. The first-order valence-corrected chi connectivity index (χ1v) is 18.4. The molecule has 0 fully saturated rings. The molecule has 0 bridgehead atoms. The second kappa shape index (κ2) is 13.2. The van der Waals surface area contributed by atoms with Gasteiger partial charge in [-0.25, -0.2) is 4.98 Å². The summed E-state index contributed by atoms with van der Waals surface area (Å²) in [5.74, 6) is 0.569. The molecule has 4 heteroatoms. The molecule has 2 heterocycles. The lowest BCUT2D eigenvalue weighted by molar-refractivity contribution is 0.619. The van der Waals surface area contributed by atoms with Gasteiger partial charge in [0, 0.05) is 38.7 Å². The van der Waals surface area contributed by atoms with Gasteiger partial charge in [-0.1, -0.05) is 128 Å². The molecular weight excluding hydrogens is 673 g/mol. The molecule has 0 aliphatic rings. The minimum absolute atomic E-state index is 0.569. The fourth-order valence-corrected chi connectivity index (χ4v) is 7.88. The molecule has 4 nitrogen and oxygen atoms in total. The van der Waals surface area contributed by atoms with E-state index < -0.39 is 0 Å². The lowest BCUT2D eigenvalue weighted by Crippen LogP contribution is -2.15. The van der Waals surface area contributed by atoms with Crippen LogP contribution in [0.25, 0.3) is 88.3 Å². The Morgan fingerprint density at radius 3 is 2.05 bits per heavy atom. The molecule has 0 aliphatic heterocycles. The number of rotatable bonds is 8. The van der Waals surface area contributed by atoms with Gasteiger partial charge in [-0.05, 0) is 99.6 Å². The Bertz CT molecular complexity index is 3100. The van der Waals surface area contributed by atoms with E-state index in [1.165, 1.54) is 5.56 Å². The molecule has 0 amide bonds. The molecular formula is C51H34N2O2. The number of oxazole rings is 1. The molecule has 2 aromatic heterocycles. The first-order valence-electron chi connectivity index (χ1n) is 18.4. The number of hydrogen-bond acceptors (Lipinski definition) is 4. The SMILES string of the molecule is C=C/C=C(\C=C)N(c1ccc(-c2ccccc2)cc1)c1ccc(-c2c3ccccc3cc3c2oc2cc(-c4nc5ccccc5o4)ccc23)c2ccccc12. The standard InChI is InChI=1S/C51H34N2O2/c1-3-14-37(4-2)53(38-26-23-34(24-27-38)33-15-6-5-7-16-33)46-30-29-43(40-19-10-11-20-41(40)46)49-39-18-9-8-17-35(39)31-44-42-28-25-36(32-48(42)54-50(44)49)51-52-45-21-12-13-22-47(45)55-51/h3-32H,1-2H2/b37-14+. The van der Waals surface area contributed by atoms with Gasteiger partial charge in [-0.3, -0.25) is 0 Å². The van der Waals surface area contributed by atoms with Gasteiger partial charge < -0.3 is 13.7 Å². The summed E-state index contributed by atoms with van der Waals surface area (Å²) in [6, 6.07) is 57.0. The third-order valence-electron chi connectivity index (χ3n) is 10.4. The average Bonchev–Trinajstić information content (AvgIpc) is 3.85. The van der Waals surface area contributed by atoms with Crippen LogP contribution in [0.15, 0.2) is 210 Å². The van der Waals surface area contributed by atoms with Crippen LogP contribution in [0.4, 0.5) is 11.4 Å². The first kappa shape index (κ1) is 32.2. The molecule has 0 atom stereocenters. The molecule has 0 unspecified atom stereocenters. The quantitative estimate of drug-likeness (QED) is 0.148. The van der Waals surface area contributed by atoms with Crippen LogP contribution in [0.2, 0.25) is 0 Å². The number of aromatic nitrogens is 1. The van der Waals surface area contributed by atoms with Crippen molar-refractivity contribution in [3.63, 3.8) is 0 Å². The van der Waals surface area contributed by atoms with Crippen LogP contribution < -0.4 is 4.90 Å². The number of furan rings is 1. The summed E-state index contributed by atoms with van der Waals surface area (Å²) in [5, 5.41) is 6.57. The van der Waals surface area contributed by atoms with Crippen molar-refractivity contribution in [2.75, 3.05) is 4.90 Å². The fraction of sp³-hybridized carbons (Fsp3) is 0. The summed E-state index contributed by atoms with van der Waals surface area (Å²) < 4.78 is 13.0. The molecule has 0 radical (unpaired) electrons. The van der Waals surface area contributed by atoms with Gasteiger partial charge in [0.05, 0.1) is 5.69 Å². The van der Waals surface area contributed by atoms with E-state index in [0.29, 0.717) is 5.89 Å². The monoisotopic (exact) mass is 706 g/mol. The van der Waals surface area contributed by atoms with Gasteiger partial charge in [0.1, 0.15) is 16.7 Å². The van der Waals surface area contributed by atoms with E-state index in [1.807, 2.05) is 54.6 Å². The maximum absolute atomic E-state index is 6.90. The van der Waals surface area contributed by atoms with E-state index in [9.17, 15) is 0 Å². The van der Waals surface area contributed by atoms with Crippen molar-refractivity contribution in [1.82, 2.24) is 4.98 Å². The zero-order valence-electron chi connectivity index (χ0n) is 29.9. The number of anilines is 2. The Morgan fingerprint density at radius 2 is 1.25 bits per heavy atom. The Kier molecular flexibility index (Phi) is 7.74. The van der Waals surface area contributed by atoms with E-state index in [-0.39, 0.29) is 0 Å². The summed E-state index contributed by atoms with van der Waals surface area (Å²) in [5.41, 5.74) is 11.5. The highest BCUT2D eigenvalue weighted by atomic mass is 16.3. The summed E-state index contributed by atoms with van der Waals surface area (Å²) in [4.78, 5) is 7.01. The third kappa shape index (κ3) is 5.43. The predicted octanol–water partition coefficient (Wildman–Crippen LogP) is 14.4. The highest BCUT2D eigenvalue weighted by Gasteiger charge is 2.22. The molecule has 10 aromatic rings. The number of hydrogen-bond donors (Lipinski definition) is 0. The lowest BCUT2D eigenvalue weighted by atomic mass is 9.91. The second-order valence-corrected chi connectivity index (χ2v) is 13.6. The van der Waals surface area contributed by atoms with Crippen molar-refractivity contribution in [2.45, 2.75) is 0 Å². The van der Waals surface area contributed by atoms with Crippen molar-refractivity contribution in [3.8, 4) is 33.7 Å². The van der Waals surface area contributed by atoms with Crippen LogP contribution in [-0.4, -0.2) is 4.98 Å².